The van der Waals surface area contributed by atoms with Crippen molar-refractivity contribution >= 4 is 12.0 Å². The van der Waals surface area contributed by atoms with Gasteiger partial charge in [-0.3, -0.25) is 4.90 Å². The fourth-order valence-electron chi connectivity index (χ4n) is 3.18. The van der Waals surface area contributed by atoms with Gasteiger partial charge in [0.15, 0.2) is 0 Å². The largest absolute Gasteiger partial charge is 0.463 e. The van der Waals surface area contributed by atoms with Crippen molar-refractivity contribution in [3.8, 4) is 0 Å². The van der Waals surface area contributed by atoms with Crippen molar-refractivity contribution < 1.29 is 9.53 Å². The predicted octanol–water partition coefficient (Wildman–Crippen LogP) is 3.82. The number of carbonyl (C=O) groups is 1. The summed E-state index contributed by atoms with van der Waals surface area (Å²) in [5.74, 6) is -0.281. The average molecular weight is 321 g/mol. The molecule has 0 aliphatic carbocycles. The highest BCUT2D eigenvalue weighted by Crippen LogP contribution is 2.24. The minimum Gasteiger partial charge on any atom is -0.463 e. The minimum atomic E-state index is -0.281. The second-order valence-corrected chi connectivity index (χ2v) is 6.02. The van der Waals surface area contributed by atoms with Crippen molar-refractivity contribution in [3.63, 3.8) is 0 Å². The van der Waals surface area contributed by atoms with Crippen molar-refractivity contribution in [2.45, 2.75) is 26.4 Å². The van der Waals surface area contributed by atoms with Gasteiger partial charge >= 0.3 is 5.97 Å². The van der Waals surface area contributed by atoms with Crippen LogP contribution in [0, 0.1) is 0 Å². The zero-order valence-corrected chi connectivity index (χ0v) is 14.1. The maximum Gasteiger partial charge on any atom is 0.330 e. The smallest absolute Gasteiger partial charge is 0.330 e. The number of benzene rings is 2. The molecular weight excluding hydrogens is 298 g/mol. The number of rotatable bonds is 5. The van der Waals surface area contributed by atoms with Crippen molar-refractivity contribution in [2.24, 2.45) is 0 Å². The fraction of sp³-hybridized carbons (Fsp3) is 0.286. The van der Waals surface area contributed by atoms with Crippen molar-refractivity contribution in [1.29, 1.82) is 0 Å². The van der Waals surface area contributed by atoms with E-state index in [0.29, 0.717) is 6.61 Å². The van der Waals surface area contributed by atoms with Gasteiger partial charge in [-0.05, 0) is 41.7 Å². The number of nitrogens with zero attached hydrogens (tertiary/aromatic N) is 1. The van der Waals surface area contributed by atoms with Crippen LogP contribution in [0.5, 0.6) is 0 Å². The van der Waals surface area contributed by atoms with E-state index in [9.17, 15) is 4.79 Å². The second kappa shape index (κ2) is 7.93. The van der Waals surface area contributed by atoms with E-state index < -0.39 is 0 Å². The number of fused-ring (bicyclic) bond motifs is 1. The molecule has 0 aromatic heterocycles. The Morgan fingerprint density at radius 1 is 1.17 bits per heavy atom. The van der Waals surface area contributed by atoms with Crippen LogP contribution in [0.1, 0.15) is 29.2 Å². The topological polar surface area (TPSA) is 29.5 Å². The van der Waals surface area contributed by atoms with Crippen LogP contribution in [0.3, 0.4) is 0 Å². The lowest BCUT2D eigenvalue weighted by Crippen LogP contribution is -2.30. The van der Waals surface area contributed by atoms with E-state index >= 15 is 0 Å². The predicted molar refractivity (Wildman–Crippen MR) is 96.4 cm³/mol. The van der Waals surface area contributed by atoms with Gasteiger partial charge in [-0.1, -0.05) is 48.5 Å². The number of esters is 1. The van der Waals surface area contributed by atoms with E-state index in [1.165, 1.54) is 22.8 Å². The molecule has 0 spiro atoms. The van der Waals surface area contributed by atoms with Crippen LogP contribution in [-0.2, 0) is 29.0 Å². The third-order valence-corrected chi connectivity index (χ3v) is 4.32. The number of hydrogen-bond donors (Lipinski definition) is 0. The molecule has 24 heavy (non-hydrogen) atoms. The quantitative estimate of drug-likeness (QED) is 0.619. The molecule has 0 N–H and O–H groups in total. The molecule has 3 rings (SSSR count). The zero-order chi connectivity index (χ0) is 16.8. The Bertz CT molecular complexity index is 722. The lowest BCUT2D eigenvalue weighted by atomic mass is 9.94. The Labute approximate surface area is 143 Å². The van der Waals surface area contributed by atoms with Crippen LogP contribution < -0.4 is 0 Å². The first-order valence-electron chi connectivity index (χ1n) is 8.48. The van der Waals surface area contributed by atoms with E-state index in [-0.39, 0.29) is 5.97 Å². The summed E-state index contributed by atoms with van der Waals surface area (Å²) in [6.07, 6.45) is 4.41. The maximum atomic E-state index is 11.5. The molecule has 0 saturated carbocycles. The maximum absolute atomic E-state index is 11.5. The third-order valence-electron chi connectivity index (χ3n) is 4.32. The van der Waals surface area contributed by atoms with E-state index in [1.807, 2.05) is 13.0 Å². The van der Waals surface area contributed by atoms with Crippen molar-refractivity contribution in [1.82, 2.24) is 4.90 Å². The standard InChI is InChI=1S/C21H23NO2/c1-2-24-21(23)12-11-18-9-6-10-19-16-22(14-13-20(18)19)15-17-7-4-3-5-8-17/h3-12H,2,13-16H2,1H3/b12-11+. The molecule has 0 bridgehead atoms. The Balaban J connectivity index is 1.71. The molecule has 2 aromatic carbocycles. The van der Waals surface area contributed by atoms with Crippen LogP contribution in [0.2, 0.25) is 0 Å². The summed E-state index contributed by atoms with van der Waals surface area (Å²) < 4.78 is 4.96. The first-order valence-corrected chi connectivity index (χ1v) is 8.48. The number of hydrogen-bond acceptors (Lipinski definition) is 3. The molecule has 1 heterocycles. The molecule has 3 nitrogen and oxygen atoms in total. The summed E-state index contributed by atoms with van der Waals surface area (Å²) >= 11 is 0. The Morgan fingerprint density at radius 2 is 2.00 bits per heavy atom. The van der Waals surface area contributed by atoms with Gasteiger partial charge in [-0.15, -0.1) is 0 Å². The van der Waals surface area contributed by atoms with Gasteiger partial charge in [0.25, 0.3) is 0 Å². The van der Waals surface area contributed by atoms with Gasteiger partial charge < -0.3 is 4.74 Å². The van der Waals surface area contributed by atoms with Gasteiger partial charge in [0.05, 0.1) is 6.61 Å². The Morgan fingerprint density at radius 3 is 2.79 bits per heavy atom. The Hall–Kier alpha value is -2.39. The molecule has 124 valence electrons. The van der Waals surface area contributed by atoms with Gasteiger partial charge in [0.1, 0.15) is 0 Å². The summed E-state index contributed by atoms with van der Waals surface area (Å²) in [4.78, 5) is 14.0. The number of carbonyl (C=O) groups excluding carboxylic acids is 1. The summed E-state index contributed by atoms with van der Waals surface area (Å²) in [7, 11) is 0. The molecule has 3 heteroatoms. The molecule has 1 aliphatic heterocycles. The molecule has 0 saturated heterocycles. The summed E-state index contributed by atoms with van der Waals surface area (Å²) in [5, 5.41) is 0. The molecule has 0 radical (unpaired) electrons. The summed E-state index contributed by atoms with van der Waals surface area (Å²) in [6.45, 7) is 5.18. The normalized spacial score (nSPS) is 14.5. The second-order valence-electron chi connectivity index (χ2n) is 6.02. The first-order chi connectivity index (χ1) is 11.8. The van der Waals surface area contributed by atoms with Gasteiger partial charge in [-0.25, -0.2) is 4.79 Å². The zero-order valence-electron chi connectivity index (χ0n) is 14.1. The van der Waals surface area contributed by atoms with Gasteiger partial charge in [-0.2, -0.15) is 0 Å². The highest BCUT2D eigenvalue weighted by Gasteiger charge is 2.18. The highest BCUT2D eigenvalue weighted by molar-refractivity contribution is 5.87. The van der Waals surface area contributed by atoms with Crippen LogP contribution in [0.15, 0.2) is 54.6 Å². The van der Waals surface area contributed by atoms with Gasteiger partial charge in [0.2, 0.25) is 0 Å². The Kier molecular flexibility index (Phi) is 5.44. The first kappa shape index (κ1) is 16.5. The van der Waals surface area contributed by atoms with E-state index in [4.69, 9.17) is 4.74 Å². The molecule has 0 amide bonds. The van der Waals surface area contributed by atoms with Crippen LogP contribution in [0.25, 0.3) is 6.08 Å². The van der Waals surface area contributed by atoms with Crippen LogP contribution >= 0.6 is 0 Å². The lowest BCUT2D eigenvalue weighted by Gasteiger charge is -2.29. The highest BCUT2D eigenvalue weighted by atomic mass is 16.5. The molecule has 0 fully saturated rings. The van der Waals surface area contributed by atoms with E-state index in [1.54, 1.807) is 0 Å². The average Bonchev–Trinajstić information content (AvgIpc) is 2.61. The third kappa shape index (κ3) is 4.12. The number of ether oxygens (including phenoxy) is 1. The van der Waals surface area contributed by atoms with E-state index in [0.717, 1.165) is 31.6 Å². The SMILES string of the molecule is CCOC(=O)/C=C/c1cccc2c1CCN(Cc1ccccc1)C2. The van der Waals surface area contributed by atoms with Crippen LogP contribution in [0.4, 0.5) is 0 Å². The fourth-order valence-corrected chi connectivity index (χ4v) is 3.18. The molecular formula is C21H23NO2. The molecule has 2 aromatic rings. The summed E-state index contributed by atoms with van der Waals surface area (Å²) in [6, 6.07) is 16.9. The molecule has 0 unspecified atom stereocenters. The monoisotopic (exact) mass is 321 g/mol. The van der Waals surface area contributed by atoms with Crippen molar-refractivity contribution in [2.75, 3.05) is 13.2 Å². The van der Waals surface area contributed by atoms with Crippen LogP contribution in [-0.4, -0.2) is 24.0 Å². The van der Waals surface area contributed by atoms with E-state index in [2.05, 4.69) is 53.4 Å². The molecule has 1 aliphatic rings. The summed E-state index contributed by atoms with van der Waals surface area (Å²) in [5.41, 5.74) is 5.17. The minimum absolute atomic E-state index is 0.281. The van der Waals surface area contributed by atoms with Crippen molar-refractivity contribution in [3.05, 3.63) is 76.9 Å². The lowest BCUT2D eigenvalue weighted by molar-refractivity contribution is -0.137. The molecule has 0 atom stereocenters. The van der Waals surface area contributed by atoms with Gasteiger partial charge in [0, 0.05) is 25.7 Å².